The Bertz CT molecular complexity index is 794. The molecule has 6 heteroatoms. The van der Waals surface area contributed by atoms with Crippen molar-refractivity contribution in [1.82, 2.24) is 15.1 Å². The lowest BCUT2D eigenvalue weighted by atomic mass is 9.81. The molecule has 0 unspecified atom stereocenters. The van der Waals surface area contributed by atoms with E-state index in [4.69, 9.17) is 0 Å². The summed E-state index contributed by atoms with van der Waals surface area (Å²) in [5, 5.41) is 3.08. The summed E-state index contributed by atoms with van der Waals surface area (Å²) in [5.41, 5.74) is 0.0195. The Morgan fingerprint density at radius 2 is 1.87 bits per heavy atom. The van der Waals surface area contributed by atoms with Crippen molar-refractivity contribution in [2.45, 2.75) is 63.3 Å². The second-order valence-electron chi connectivity index (χ2n) is 9.28. The van der Waals surface area contributed by atoms with Crippen LogP contribution in [0.15, 0.2) is 30.3 Å². The van der Waals surface area contributed by atoms with E-state index < -0.39 is 5.41 Å². The van der Waals surface area contributed by atoms with Gasteiger partial charge in [-0.05, 0) is 57.2 Å². The van der Waals surface area contributed by atoms with E-state index in [9.17, 15) is 14.4 Å². The van der Waals surface area contributed by atoms with Crippen LogP contribution in [0.2, 0.25) is 0 Å². The SMILES string of the molecule is C[C@@]1(c2ccccc2)CC(=O)N(CCC(=O)NC[C@H]2CCCN3CCCC[C@H]23)C1=O. The van der Waals surface area contributed by atoms with E-state index in [0.29, 0.717) is 18.5 Å². The van der Waals surface area contributed by atoms with Gasteiger partial charge < -0.3 is 10.2 Å². The highest BCUT2D eigenvalue weighted by atomic mass is 16.2. The lowest BCUT2D eigenvalue weighted by Gasteiger charge is -2.44. The van der Waals surface area contributed by atoms with Crippen LogP contribution in [0.5, 0.6) is 0 Å². The van der Waals surface area contributed by atoms with Crippen molar-refractivity contribution < 1.29 is 14.4 Å². The number of fused-ring (bicyclic) bond motifs is 1. The molecule has 3 aliphatic rings. The summed E-state index contributed by atoms with van der Waals surface area (Å²) in [7, 11) is 0. The number of nitrogens with one attached hydrogen (secondary N) is 1. The van der Waals surface area contributed by atoms with Gasteiger partial charge >= 0.3 is 0 Å². The van der Waals surface area contributed by atoms with Crippen LogP contribution in [0.3, 0.4) is 0 Å². The van der Waals surface area contributed by atoms with Crippen LogP contribution in [0.25, 0.3) is 0 Å². The third-order valence-corrected chi connectivity index (χ3v) is 7.29. The van der Waals surface area contributed by atoms with Crippen LogP contribution >= 0.6 is 0 Å². The van der Waals surface area contributed by atoms with Crippen LogP contribution in [-0.4, -0.2) is 59.7 Å². The van der Waals surface area contributed by atoms with E-state index in [2.05, 4.69) is 10.2 Å². The Hall–Kier alpha value is -2.21. The number of imide groups is 1. The second-order valence-corrected chi connectivity index (χ2v) is 9.28. The van der Waals surface area contributed by atoms with Gasteiger partial charge in [0, 0.05) is 32.0 Å². The van der Waals surface area contributed by atoms with Gasteiger partial charge in [-0.2, -0.15) is 0 Å². The highest BCUT2D eigenvalue weighted by Crippen LogP contribution is 2.36. The molecule has 30 heavy (non-hydrogen) atoms. The number of hydrogen-bond donors (Lipinski definition) is 1. The Kier molecular flexibility index (Phi) is 6.23. The van der Waals surface area contributed by atoms with Gasteiger partial charge in [0.1, 0.15) is 0 Å². The average Bonchev–Trinajstić information content (AvgIpc) is 3.00. The van der Waals surface area contributed by atoms with Crippen molar-refractivity contribution in [3.63, 3.8) is 0 Å². The highest BCUT2D eigenvalue weighted by molar-refractivity contribution is 6.09. The molecular formula is C24H33N3O3. The minimum Gasteiger partial charge on any atom is -0.356 e. The fraction of sp³-hybridized carbons (Fsp3) is 0.625. The first-order valence-corrected chi connectivity index (χ1v) is 11.4. The summed E-state index contributed by atoms with van der Waals surface area (Å²) in [6, 6.07) is 10.0. The zero-order chi connectivity index (χ0) is 21.1. The Morgan fingerprint density at radius 1 is 1.10 bits per heavy atom. The average molecular weight is 412 g/mol. The predicted molar refractivity (Wildman–Crippen MR) is 115 cm³/mol. The minimum absolute atomic E-state index is 0.0724. The van der Waals surface area contributed by atoms with Crippen molar-refractivity contribution in [2.75, 3.05) is 26.2 Å². The molecule has 0 spiro atoms. The molecule has 1 aromatic rings. The Balaban J connectivity index is 1.28. The summed E-state index contributed by atoms with van der Waals surface area (Å²) < 4.78 is 0. The number of carbonyl (C=O) groups is 3. The molecule has 3 heterocycles. The van der Waals surface area contributed by atoms with E-state index in [0.717, 1.165) is 5.56 Å². The number of amides is 3. The Labute approximate surface area is 179 Å². The first-order chi connectivity index (χ1) is 14.5. The zero-order valence-electron chi connectivity index (χ0n) is 17.9. The summed E-state index contributed by atoms with van der Waals surface area (Å²) in [5.74, 6) is 0.0529. The number of piperidine rings is 2. The molecule has 3 saturated heterocycles. The predicted octanol–water partition coefficient (Wildman–Crippen LogP) is 2.47. The van der Waals surface area contributed by atoms with E-state index >= 15 is 0 Å². The van der Waals surface area contributed by atoms with Crippen LogP contribution in [0.1, 0.15) is 57.4 Å². The third kappa shape index (κ3) is 4.15. The fourth-order valence-corrected chi connectivity index (χ4v) is 5.50. The molecule has 3 aliphatic heterocycles. The maximum Gasteiger partial charge on any atom is 0.240 e. The van der Waals surface area contributed by atoms with Crippen molar-refractivity contribution >= 4 is 17.7 Å². The summed E-state index contributed by atoms with van der Waals surface area (Å²) >= 11 is 0. The van der Waals surface area contributed by atoms with Crippen LogP contribution in [0, 0.1) is 5.92 Å². The van der Waals surface area contributed by atoms with Gasteiger partial charge in [-0.25, -0.2) is 0 Å². The van der Waals surface area contributed by atoms with Crippen molar-refractivity contribution in [3.8, 4) is 0 Å². The quantitative estimate of drug-likeness (QED) is 0.730. The first kappa shape index (κ1) is 21.0. The van der Waals surface area contributed by atoms with Gasteiger partial charge in [0.15, 0.2) is 0 Å². The lowest BCUT2D eigenvalue weighted by Crippen LogP contribution is -2.51. The fourth-order valence-electron chi connectivity index (χ4n) is 5.50. The number of carbonyl (C=O) groups excluding carboxylic acids is 3. The molecule has 4 rings (SSSR count). The molecule has 0 radical (unpaired) electrons. The van der Waals surface area contributed by atoms with Gasteiger partial charge in [0.05, 0.1) is 5.41 Å². The van der Waals surface area contributed by atoms with Crippen molar-refractivity contribution in [1.29, 1.82) is 0 Å². The number of hydrogen-bond acceptors (Lipinski definition) is 4. The van der Waals surface area contributed by atoms with Crippen LogP contribution in [0.4, 0.5) is 0 Å². The van der Waals surface area contributed by atoms with Gasteiger partial charge in [-0.3, -0.25) is 19.3 Å². The molecule has 3 atom stereocenters. The monoisotopic (exact) mass is 411 g/mol. The number of nitrogens with zero attached hydrogens (tertiary/aromatic N) is 2. The van der Waals surface area contributed by atoms with Crippen LogP contribution < -0.4 is 5.32 Å². The van der Waals surface area contributed by atoms with Gasteiger partial charge in [0.25, 0.3) is 0 Å². The van der Waals surface area contributed by atoms with E-state index in [-0.39, 0.29) is 37.1 Å². The second kappa shape index (κ2) is 8.88. The first-order valence-electron chi connectivity index (χ1n) is 11.4. The minimum atomic E-state index is -0.832. The molecule has 3 amide bonds. The van der Waals surface area contributed by atoms with E-state index in [1.807, 2.05) is 37.3 Å². The van der Waals surface area contributed by atoms with Gasteiger partial charge in [-0.1, -0.05) is 36.8 Å². The summed E-state index contributed by atoms with van der Waals surface area (Å²) in [6.07, 6.45) is 6.50. The highest BCUT2D eigenvalue weighted by Gasteiger charge is 2.49. The lowest BCUT2D eigenvalue weighted by molar-refractivity contribution is -0.140. The zero-order valence-corrected chi connectivity index (χ0v) is 17.9. The summed E-state index contributed by atoms with van der Waals surface area (Å²) in [4.78, 5) is 41.8. The number of benzene rings is 1. The number of likely N-dealkylation sites (tertiary alicyclic amines) is 1. The third-order valence-electron chi connectivity index (χ3n) is 7.29. The number of rotatable bonds is 6. The van der Waals surface area contributed by atoms with Crippen molar-refractivity contribution in [3.05, 3.63) is 35.9 Å². The molecule has 0 saturated carbocycles. The molecule has 0 bridgehead atoms. The normalized spacial score (nSPS) is 29.7. The van der Waals surface area contributed by atoms with Gasteiger partial charge in [0.2, 0.25) is 17.7 Å². The molecule has 0 aromatic heterocycles. The summed E-state index contributed by atoms with van der Waals surface area (Å²) in [6.45, 7) is 5.06. The van der Waals surface area contributed by atoms with Crippen LogP contribution in [-0.2, 0) is 19.8 Å². The molecule has 1 N–H and O–H groups in total. The maximum atomic E-state index is 13.0. The molecular weight excluding hydrogens is 378 g/mol. The standard InChI is InChI=1S/C24H33N3O3/c1-24(19-9-3-2-4-10-19)16-22(29)27(23(24)30)15-12-21(28)25-17-18-8-7-14-26-13-6-5-11-20(18)26/h2-4,9-10,18,20H,5-8,11-17H2,1H3,(H,25,28)/t18-,20-,24+/m1/s1. The van der Waals surface area contributed by atoms with E-state index in [1.165, 1.54) is 50.1 Å². The molecule has 162 valence electrons. The van der Waals surface area contributed by atoms with Crippen molar-refractivity contribution in [2.24, 2.45) is 5.92 Å². The molecule has 0 aliphatic carbocycles. The van der Waals surface area contributed by atoms with E-state index in [1.54, 1.807) is 0 Å². The Morgan fingerprint density at radius 3 is 2.67 bits per heavy atom. The largest absolute Gasteiger partial charge is 0.356 e. The molecule has 3 fully saturated rings. The maximum absolute atomic E-state index is 13.0. The smallest absolute Gasteiger partial charge is 0.240 e. The topological polar surface area (TPSA) is 69.7 Å². The molecule has 6 nitrogen and oxygen atoms in total. The molecule has 1 aromatic carbocycles. The van der Waals surface area contributed by atoms with Gasteiger partial charge in [-0.15, -0.1) is 0 Å².